The van der Waals surface area contributed by atoms with Gasteiger partial charge in [0, 0.05) is 28.9 Å². The molecule has 1 aliphatic rings. The number of nitro groups is 1. The van der Waals surface area contributed by atoms with Crippen molar-refractivity contribution in [2.24, 2.45) is 0 Å². The van der Waals surface area contributed by atoms with Gasteiger partial charge < -0.3 is 14.6 Å². The van der Waals surface area contributed by atoms with E-state index in [1.165, 1.54) is 6.07 Å². The van der Waals surface area contributed by atoms with Gasteiger partial charge in [0.15, 0.2) is 0 Å². The van der Waals surface area contributed by atoms with Gasteiger partial charge in [-0.1, -0.05) is 15.9 Å². The topological polar surface area (TPSA) is 81.8 Å². The molecule has 110 valence electrons. The molecule has 0 spiro atoms. The third kappa shape index (κ3) is 3.47. The van der Waals surface area contributed by atoms with Crippen LogP contribution in [0.2, 0.25) is 0 Å². The lowest BCUT2D eigenvalue weighted by molar-refractivity contribution is -0.386. The first-order valence-electron chi connectivity index (χ1n) is 6.39. The van der Waals surface area contributed by atoms with Gasteiger partial charge in [-0.2, -0.15) is 0 Å². The highest BCUT2D eigenvalue weighted by Gasteiger charge is 2.26. The first-order valence-corrected chi connectivity index (χ1v) is 7.18. The van der Waals surface area contributed by atoms with Crippen molar-refractivity contribution in [3.63, 3.8) is 0 Å². The summed E-state index contributed by atoms with van der Waals surface area (Å²) in [6.45, 7) is 2.72. The van der Waals surface area contributed by atoms with Gasteiger partial charge in [0.25, 0.3) is 0 Å². The van der Waals surface area contributed by atoms with E-state index in [4.69, 9.17) is 9.47 Å². The predicted molar refractivity (Wildman–Crippen MR) is 75.9 cm³/mol. The van der Waals surface area contributed by atoms with Crippen molar-refractivity contribution in [1.29, 1.82) is 0 Å². The Kier molecular flexibility index (Phi) is 4.95. The summed E-state index contributed by atoms with van der Waals surface area (Å²) >= 11 is 3.22. The van der Waals surface area contributed by atoms with Gasteiger partial charge in [-0.05, 0) is 13.0 Å². The number of hydrogen-bond donors (Lipinski definition) is 1. The van der Waals surface area contributed by atoms with Crippen molar-refractivity contribution < 1.29 is 19.5 Å². The molecule has 20 heavy (non-hydrogen) atoms. The zero-order valence-electron chi connectivity index (χ0n) is 11.0. The summed E-state index contributed by atoms with van der Waals surface area (Å²) in [6.07, 6.45) is 0.404. The first-order chi connectivity index (χ1) is 9.49. The van der Waals surface area contributed by atoms with E-state index in [1.807, 2.05) is 0 Å². The second-order valence-electron chi connectivity index (χ2n) is 4.71. The Morgan fingerprint density at radius 2 is 2.15 bits per heavy atom. The third-order valence-corrected chi connectivity index (χ3v) is 3.62. The second-order valence-corrected chi connectivity index (χ2v) is 5.62. The quantitative estimate of drug-likeness (QED) is 0.670. The van der Waals surface area contributed by atoms with E-state index < -0.39 is 11.0 Å². The van der Waals surface area contributed by atoms with Crippen molar-refractivity contribution >= 4 is 21.6 Å². The average Bonchev–Trinajstić information content (AvgIpc) is 2.41. The molecule has 7 heteroatoms. The molecule has 1 N–H and O–H groups in total. The number of benzene rings is 1. The highest BCUT2D eigenvalue weighted by Crippen LogP contribution is 2.39. The molecule has 0 bridgehead atoms. The van der Waals surface area contributed by atoms with Gasteiger partial charge in [-0.3, -0.25) is 10.1 Å². The Bertz CT molecular complexity index is 500. The summed E-state index contributed by atoms with van der Waals surface area (Å²) in [7, 11) is 0. The Morgan fingerprint density at radius 1 is 1.50 bits per heavy atom. The molecule has 0 unspecified atom stereocenters. The molecule has 1 aromatic carbocycles. The van der Waals surface area contributed by atoms with Crippen molar-refractivity contribution in [3.05, 3.63) is 32.3 Å². The molecule has 0 amide bonds. The number of nitro benzene ring substituents is 1. The minimum absolute atomic E-state index is 0.124. The van der Waals surface area contributed by atoms with E-state index >= 15 is 0 Å². The molecule has 1 heterocycles. The number of hydrogen-bond acceptors (Lipinski definition) is 5. The highest BCUT2D eigenvalue weighted by atomic mass is 79.9. The fraction of sp³-hybridized carbons (Fsp3) is 0.538. The van der Waals surface area contributed by atoms with Crippen LogP contribution in [0, 0.1) is 10.1 Å². The number of aliphatic hydroxyl groups is 1. The van der Waals surface area contributed by atoms with Crippen molar-refractivity contribution in [2.75, 3.05) is 13.2 Å². The summed E-state index contributed by atoms with van der Waals surface area (Å²) in [5.41, 5.74) is 0.277. The molecule has 1 atom stereocenters. The van der Waals surface area contributed by atoms with Crippen LogP contribution in [0.1, 0.15) is 31.4 Å². The monoisotopic (exact) mass is 345 g/mol. The van der Waals surface area contributed by atoms with Gasteiger partial charge in [0.2, 0.25) is 5.75 Å². The minimum atomic E-state index is -0.846. The summed E-state index contributed by atoms with van der Waals surface area (Å²) < 4.78 is 11.6. The second kappa shape index (κ2) is 6.51. The van der Waals surface area contributed by atoms with Crippen LogP contribution in [0.15, 0.2) is 16.6 Å². The maximum Gasteiger partial charge on any atom is 0.312 e. The number of nitrogens with zero attached hydrogens (tertiary/aromatic N) is 1. The predicted octanol–water partition coefficient (Wildman–Crippen LogP) is 2.97. The number of rotatable bonds is 4. The fourth-order valence-corrected chi connectivity index (χ4v) is 2.60. The van der Waals surface area contributed by atoms with Gasteiger partial charge in [0.05, 0.1) is 24.2 Å². The molecule has 2 rings (SSSR count). The van der Waals surface area contributed by atoms with Gasteiger partial charge in [0.1, 0.15) is 6.10 Å². The van der Waals surface area contributed by atoms with Crippen LogP contribution >= 0.6 is 15.9 Å². The van der Waals surface area contributed by atoms with Crippen LogP contribution in [-0.2, 0) is 4.74 Å². The number of ether oxygens (including phenoxy) is 2. The van der Waals surface area contributed by atoms with Gasteiger partial charge in [-0.15, -0.1) is 0 Å². The first kappa shape index (κ1) is 15.2. The lowest BCUT2D eigenvalue weighted by Crippen LogP contribution is -2.26. The normalized spacial score (nSPS) is 17.8. The molecule has 0 aliphatic carbocycles. The maximum absolute atomic E-state index is 11.2. The largest absolute Gasteiger partial charge is 0.483 e. The lowest BCUT2D eigenvalue weighted by Gasteiger charge is -2.25. The van der Waals surface area contributed by atoms with Gasteiger partial charge in [-0.25, -0.2) is 0 Å². The molecule has 0 saturated carbocycles. The standard InChI is InChI=1S/C13H16BrNO5/c1-8(16)11-6-9(14)7-12(15(17)18)13(11)20-10-2-4-19-5-3-10/h6-8,10,16H,2-5H2,1H3/t8-/m1/s1. The number of aliphatic hydroxyl groups excluding tert-OH is 1. The summed E-state index contributed by atoms with van der Waals surface area (Å²) in [4.78, 5) is 10.7. The molecule has 1 aromatic rings. The molecular weight excluding hydrogens is 330 g/mol. The summed E-state index contributed by atoms with van der Waals surface area (Å²) in [5, 5.41) is 21.0. The Morgan fingerprint density at radius 3 is 2.70 bits per heavy atom. The van der Waals surface area contributed by atoms with Crippen LogP contribution in [0.4, 0.5) is 5.69 Å². The maximum atomic E-state index is 11.2. The minimum Gasteiger partial charge on any atom is -0.483 e. The lowest BCUT2D eigenvalue weighted by atomic mass is 10.1. The van der Waals surface area contributed by atoms with E-state index in [2.05, 4.69) is 15.9 Å². The Hall–Kier alpha value is -1.18. The molecular formula is C13H16BrNO5. The third-order valence-electron chi connectivity index (χ3n) is 3.16. The highest BCUT2D eigenvalue weighted by molar-refractivity contribution is 9.10. The van der Waals surface area contributed by atoms with Crippen molar-refractivity contribution in [2.45, 2.75) is 32.0 Å². The van der Waals surface area contributed by atoms with E-state index in [-0.39, 0.29) is 17.5 Å². The van der Waals surface area contributed by atoms with Crippen LogP contribution in [0.25, 0.3) is 0 Å². The Labute approximate surface area is 125 Å². The van der Waals surface area contributed by atoms with Crippen LogP contribution in [-0.4, -0.2) is 29.3 Å². The van der Waals surface area contributed by atoms with Crippen LogP contribution in [0.5, 0.6) is 5.75 Å². The van der Waals surface area contributed by atoms with Crippen LogP contribution < -0.4 is 4.74 Å². The SMILES string of the molecule is C[C@@H](O)c1cc(Br)cc([N+](=O)[O-])c1OC1CCOCC1. The Balaban J connectivity index is 2.38. The van der Waals surface area contributed by atoms with E-state index in [9.17, 15) is 15.2 Å². The molecule has 0 aromatic heterocycles. The summed E-state index contributed by atoms with van der Waals surface area (Å²) in [6, 6.07) is 3.03. The molecule has 6 nitrogen and oxygen atoms in total. The summed E-state index contributed by atoms with van der Waals surface area (Å²) in [5.74, 6) is 0.153. The van der Waals surface area contributed by atoms with Crippen molar-refractivity contribution in [1.82, 2.24) is 0 Å². The van der Waals surface area contributed by atoms with Gasteiger partial charge >= 0.3 is 5.69 Å². The van der Waals surface area contributed by atoms with Crippen LogP contribution in [0.3, 0.4) is 0 Å². The van der Waals surface area contributed by atoms with E-state index in [1.54, 1.807) is 13.0 Å². The average molecular weight is 346 g/mol. The molecule has 0 radical (unpaired) electrons. The zero-order valence-corrected chi connectivity index (χ0v) is 12.6. The number of halogens is 1. The van der Waals surface area contributed by atoms with E-state index in [0.29, 0.717) is 36.1 Å². The molecule has 1 aliphatic heterocycles. The van der Waals surface area contributed by atoms with Crippen molar-refractivity contribution in [3.8, 4) is 5.75 Å². The smallest absolute Gasteiger partial charge is 0.312 e. The molecule has 1 saturated heterocycles. The molecule has 1 fully saturated rings. The fourth-order valence-electron chi connectivity index (χ4n) is 2.13. The van der Waals surface area contributed by atoms with E-state index in [0.717, 1.165) is 0 Å². The zero-order chi connectivity index (χ0) is 14.7.